The van der Waals surface area contributed by atoms with E-state index in [0.717, 1.165) is 0 Å². The predicted molar refractivity (Wildman–Crippen MR) is 47.1 cm³/mol. The molecule has 0 fully saturated rings. The first kappa shape index (κ1) is 11.8. The second kappa shape index (κ2) is 3.68. The van der Waals surface area contributed by atoms with Crippen LogP contribution in [-0.2, 0) is 0 Å². The third-order valence-corrected chi connectivity index (χ3v) is 1.25. The Balaban J connectivity index is 4.04. The van der Waals surface area contributed by atoms with E-state index in [0.29, 0.717) is 0 Å². The second-order valence-corrected chi connectivity index (χ2v) is 3.88. The Labute approximate surface area is 73.0 Å². The molecule has 12 heavy (non-hydrogen) atoms. The van der Waals surface area contributed by atoms with Crippen LogP contribution in [0.5, 0.6) is 0 Å². The summed E-state index contributed by atoms with van der Waals surface area (Å²) in [5, 5.41) is 18.7. The Morgan fingerprint density at radius 1 is 1.25 bits per heavy atom. The van der Waals surface area contributed by atoms with Crippen LogP contribution < -0.4 is 11.5 Å². The molecule has 0 amide bonds. The zero-order valence-electron chi connectivity index (χ0n) is 7.91. The van der Waals surface area contributed by atoms with Gasteiger partial charge in [-0.25, -0.2) is 0 Å². The predicted octanol–water partition coefficient (Wildman–Crippen LogP) is -1.75. The van der Waals surface area contributed by atoms with Crippen molar-refractivity contribution in [3.63, 3.8) is 0 Å². The highest BCUT2D eigenvalue weighted by Crippen LogP contribution is 2.11. The Hall–Kier alpha value is -0.200. The minimum atomic E-state index is -1.44. The molecule has 0 aliphatic heterocycles. The summed E-state index contributed by atoms with van der Waals surface area (Å²) in [7, 11) is 3.56. The minimum absolute atomic E-state index is 0.0574. The second-order valence-electron chi connectivity index (χ2n) is 3.88. The zero-order chi connectivity index (χ0) is 9.99. The topological polar surface area (TPSA) is 95.7 Å². The van der Waals surface area contributed by atoms with Crippen LogP contribution in [0.3, 0.4) is 0 Å². The number of rotatable bonds is 4. The summed E-state index contributed by atoms with van der Waals surface area (Å²) in [5.74, 6) is 0. The van der Waals surface area contributed by atoms with Gasteiger partial charge in [-0.3, -0.25) is 0 Å². The molecule has 0 heterocycles. The van der Waals surface area contributed by atoms with E-state index in [1.165, 1.54) is 6.92 Å². The number of nitrogens with zero attached hydrogens (tertiary/aromatic N) is 1. The first-order valence-corrected chi connectivity index (χ1v) is 3.80. The van der Waals surface area contributed by atoms with Gasteiger partial charge in [-0.2, -0.15) is 0 Å². The van der Waals surface area contributed by atoms with Crippen molar-refractivity contribution in [1.29, 1.82) is 0 Å². The molecule has 0 aromatic rings. The molecule has 0 bridgehead atoms. The van der Waals surface area contributed by atoms with Crippen LogP contribution >= 0.6 is 0 Å². The van der Waals surface area contributed by atoms with Crippen molar-refractivity contribution < 1.29 is 10.2 Å². The Bertz CT molecular complexity index is 140. The molecule has 2 unspecified atom stereocenters. The zero-order valence-corrected chi connectivity index (χ0v) is 7.91. The van der Waals surface area contributed by atoms with Gasteiger partial charge in [0.05, 0.1) is 0 Å². The minimum Gasteiger partial charge on any atom is -0.376 e. The highest BCUT2D eigenvalue weighted by atomic mass is 16.3. The van der Waals surface area contributed by atoms with Crippen molar-refractivity contribution in [3.8, 4) is 0 Å². The molecule has 5 nitrogen and oxygen atoms in total. The summed E-state index contributed by atoms with van der Waals surface area (Å²) >= 11 is 0. The molecule has 0 spiro atoms. The van der Waals surface area contributed by atoms with Gasteiger partial charge in [0.15, 0.2) is 0 Å². The average Bonchev–Trinajstić information content (AvgIpc) is 1.48. The fourth-order valence-electron chi connectivity index (χ4n) is 1.22. The monoisotopic (exact) mass is 177 g/mol. The summed E-state index contributed by atoms with van der Waals surface area (Å²) in [6, 6.07) is 0. The first-order valence-electron chi connectivity index (χ1n) is 3.80. The van der Waals surface area contributed by atoms with Crippen LogP contribution in [0.1, 0.15) is 13.3 Å². The van der Waals surface area contributed by atoms with Crippen molar-refractivity contribution in [2.24, 2.45) is 11.5 Å². The van der Waals surface area contributed by atoms with E-state index >= 15 is 0 Å². The van der Waals surface area contributed by atoms with E-state index in [2.05, 4.69) is 0 Å². The molecule has 0 rings (SSSR count). The summed E-state index contributed by atoms with van der Waals surface area (Å²) in [6.07, 6.45) is -0.0574. The number of hydrogen-bond acceptors (Lipinski definition) is 5. The maximum atomic E-state index is 9.52. The molecule has 0 saturated heterocycles. The summed E-state index contributed by atoms with van der Waals surface area (Å²) in [5.41, 5.74) is 7.90. The lowest BCUT2D eigenvalue weighted by Crippen LogP contribution is -2.55. The van der Waals surface area contributed by atoms with E-state index in [1.54, 1.807) is 19.0 Å². The fraction of sp³-hybridized carbons (Fsp3) is 1.00. The number of nitrogens with two attached hydrogens (primary N) is 2. The van der Waals surface area contributed by atoms with Crippen LogP contribution in [0.15, 0.2) is 0 Å². The third kappa shape index (κ3) is 6.51. The molecular formula is C7H19N3O2. The molecule has 0 radical (unpaired) electrons. The van der Waals surface area contributed by atoms with Crippen LogP contribution in [-0.4, -0.2) is 47.2 Å². The fourth-order valence-corrected chi connectivity index (χ4v) is 1.22. The number of aliphatic hydroxyl groups is 2. The van der Waals surface area contributed by atoms with Gasteiger partial charge >= 0.3 is 0 Å². The number of hydrogen-bond donors (Lipinski definition) is 4. The molecule has 0 aliphatic rings. The van der Waals surface area contributed by atoms with Crippen molar-refractivity contribution in [2.45, 2.75) is 24.8 Å². The molecule has 2 atom stereocenters. The molecule has 5 heteroatoms. The van der Waals surface area contributed by atoms with Crippen molar-refractivity contribution in [3.05, 3.63) is 0 Å². The van der Waals surface area contributed by atoms with Gasteiger partial charge in [0.1, 0.15) is 11.4 Å². The quantitative estimate of drug-likeness (QED) is 0.382. The lowest BCUT2D eigenvalue weighted by Gasteiger charge is -2.31. The maximum Gasteiger partial charge on any atom is 0.130 e. The Kier molecular flexibility index (Phi) is 3.61. The third-order valence-electron chi connectivity index (χ3n) is 1.25. The van der Waals surface area contributed by atoms with E-state index in [-0.39, 0.29) is 13.0 Å². The Morgan fingerprint density at radius 3 is 1.92 bits per heavy atom. The van der Waals surface area contributed by atoms with Gasteiger partial charge in [-0.15, -0.1) is 0 Å². The molecule has 0 aromatic carbocycles. The number of likely N-dealkylation sites (N-methyl/N-ethyl adjacent to an activating group) is 1. The highest BCUT2D eigenvalue weighted by molar-refractivity contribution is 4.81. The summed E-state index contributed by atoms with van der Waals surface area (Å²) < 4.78 is 0. The molecule has 0 saturated carbocycles. The maximum absolute atomic E-state index is 9.52. The smallest absolute Gasteiger partial charge is 0.130 e. The van der Waals surface area contributed by atoms with Gasteiger partial charge in [0.2, 0.25) is 0 Å². The van der Waals surface area contributed by atoms with Crippen LogP contribution in [0.2, 0.25) is 0 Å². The van der Waals surface area contributed by atoms with E-state index in [9.17, 15) is 10.2 Å². The van der Waals surface area contributed by atoms with Gasteiger partial charge in [0.25, 0.3) is 0 Å². The standard InChI is InChI=1S/C7H19N3O2/c1-6(8,11)4-7(9,12)5-10(2)3/h11-12H,4-5,8-9H2,1-3H3. The van der Waals surface area contributed by atoms with Gasteiger partial charge in [-0.05, 0) is 21.0 Å². The van der Waals surface area contributed by atoms with Crippen molar-refractivity contribution in [1.82, 2.24) is 4.90 Å². The van der Waals surface area contributed by atoms with Gasteiger partial charge in [0, 0.05) is 13.0 Å². The van der Waals surface area contributed by atoms with Crippen molar-refractivity contribution >= 4 is 0 Å². The van der Waals surface area contributed by atoms with Crippen molar-refractivity contribution in [2.75, 3.05) is 20.6 Å². The van der Waals surface area contributed by atoms with Crippen LogP contribution in [0.4, 0.5) is 0 Å². The van der Waals surface area contributed by atoms with Crippen LogP contribution in [0, 0.1) is 0 Å². The summed E-state index contributed by atoms with van der Waals surface area (Å²) in [6.45, 7) is 1.67. The van der Waals surface area contributed by atoms with E-state index in [1.807, 2.05) is 0 Å². The molecule has 0 aromatic heterocycles. The highest BCUT2D eigenvalue weighted by Gasteiger charge is 2.30. The largest absolute Gasteiger partial charge is 0.376 e. The first-order chi connectivity index (χ1) is 5.12. The molecular weight excluding hydrogens is 158 g/mol. The lowest BCUT2D eigenvalue weighted by molar-refractivity contribution is -0.0594. The molecule has 74 valence electrons. The molecule has 0 aliphatic carbocycles. The van der Waals surface area contributed by atoms with Gasteiger partial charge < -0.3 is 26.6 Å². The SMILES string of the molecule is CN(C)CC(N)(O)CC(C)(N)O. The molecule has 6 N–H and O–H groups in total. The van der Waals surface area contributed by atoms with E-state index in [4.69, 9.17) is 11.5 Å². The Morgan fingerprint density at radius 2 is 1.67 bits per heavy atom. The lowest BCUT2D eigenvalue weighted by atomic mass is 10.0. The normalized spacial score (nSPS) is 22.0. The van der Waals surface area contributed by atoms with E-state index < -0.39 is 11.4 Å². The van der Waals surface area contributed by atoms with Crippen LogP contribution in [0.25, 0.3) is 0 Å². The van der Waals surface area contributed by atoms with Gasteiger partial charge in [-0.1, -0.05) is 0 Å². The average molecular weight is 177 g/mol. The summed E-state index contributed by atoms with van der Waals surface area (Å²) in [4.78, 5) is 1.73.